The lowest BCUT2D eigenvalue weighted by molar-refractivity contribution is 0.295. The summed E-state index contributed by atoms with van der Waals surface area (Å²) in [6.45, 7) is 8.40. The first-order valence-electron chi connectivity index (χ1n) is 8.51. The van der Waals surface area contributed by atoms with Crippen molar-refractivity contribution in [1.29, 1.82) is 0 Å². The van der Waals surface area contributed by atoms with Crippen molar-refractivity contribution in [3.8, 4) is 5.75 Å². The molecule has 0 radical (unpaired) electrons. The molecule has 0 aliphatic rings. The molecule has 5 nitrogen and oxygen atoms in total. The highest BCUT2D eigenvalue weighted by molar-refractivity contribution is 5.27. The summed E-state index contributed by atoms with van der Waals surface area (Å²) >= 11 is 0. The van der Waals surface area contributed by atoms with Crippen LogP contribution in [0.4, 0.5) is 0 Å². The van der Waals surface area contributed by atoms with Crippen molar-refractivity contribution in [2.24, 2.45) is 5.73 Å². The van der Waals surface area contributed by atoms with Gasteiger partial charge in [0.1, 0.15) is 5.75 Å². The summed E-state index contributed by atoms with van der Waals surface area (Å²) in [5.41, 5.74) is 9.16. The van der Waals surface area contributed by atoms with E-state index in [1.54, 1.807) is 0 Å². The minimum absolute atomic E-state index is 0.450. The topological polar surface area (TPSA) is 66.0 Å². The molecule has 5 heteroatoms. The van der Waals surface area contributed by atoms with Crippen molar-refractivity contribution in [3.63, 3.8) is 0 Å². The van der Waals surface area contributed by atoms with Crippen LogP contribution in [0.5, 0.6) is 5.75 Å². The molecule has 2 rings (SSSR count). The average Bonchev–Trinajstić information content (AvgIpc) is 2.96. The molecule has 0 amide bonds. The molecule has 2 aromatic rings. The molecule has 0 atom stereocenters. The van der Waals surface area contributed by atoms with Crippen molar-refractivity contribution in [2.45, 2.75) is 59.0 Å². The number of hydrogen-bond acceptors (Lipinski definition) is 4. The summed E-state index contributed by atoms with van der Waals surface area (Å²) in [7, 11) is 0. The Kier molecular flexibility index (Phi) is 6.59. The molecule has 0 bridgehead atoms. The van der Waals surface area contributed by atoms with E-state index in [4.69, 9.17) is 10.5 Å². The molecule has 0 spiro atoms. The molecule has 23 heavy (non-hydrogen) atoms. The molecule has 0 aliphatic heterocycles. The van der Waals surface area contributed by atoms with Gasteiger partial charge in [0.05, 0.1) is 18.0 Å². The maximum absolute atomic E-state index is 5.82. The number of rotatable bonds is 9. The first-order valence-corrected chi connectivity index (χ1v) is 8.51. The van der Waals surface area contributed by atoms with Gasteiger partial charge in [0.25, 0.3) is 0 Å². The van der Waals surface area contributed by atoms with Gasteiger partial charge in [0, 0.05) is 25.4 Å². The third-order valence-electron chi connectivity index (χ3n) is 4.19. The van der Waals surface area contributed by atoms with Gasteiger partial charge in [0.15, 0.2) is 0 Å². The zero-order chi connectivity index (χ0) is 16.7. The quantitative estimate of drug-likeness (QED) is 0.720. The maximum atomic E-state index is 5.82. The highest BCUT2D eigenvalue weighted by Crippen LogP contribution is 2.25. The Morgan fingerprint density at radius 2 is 2.04 bits per heavy atom. The Morgan fingerprint density at radius 1 is 1.26 bits per heavy atom. The zero-order valence-corrected chi connectivity index (χ0v) is 14.5. The van der Waals surface area contributed by atoms with Crippen LogP contribution < -0.4 is 10.5 Å². The lowest BCUT2D eigenvalue weighted by Crippen LogP contribution is -2.13. The fraction of sp³-hybridized carbons (Fsp3) is 0.556. The summed E-state index contributed by atoms with van der Waals surface area (Å²) in [6, 6.07) is 8.13. The molecule has 0 unspecified atom stereocenters. The van der Waals surface area contributed by atoms with Gasteiger partial charge in [-0.25, -0.2) is 4.68 Å². The van der Waals surface area contributed by atoms with Crippen molar-refractivity contribution >= 4 is 0 Å². The summed E-state index contributed by atoms with van der Waals surface area (Å²) in [6.07, 6.45) is 3.06. The molecule has 0 saturated heterocycles. The third kappa shape index (κ3) is 4.55. The molecule has 1 heterocycles. The predicted molar refractivity (Wildman–Crippen MR) is 92.5 cm³/mol. The second-order valence-corrected chi connectivity index (χ2v) is 5.88. The van der Waals surface area contributed by atoms with Crippen LogP contribution in [0.2, 0.25) is 0 Å². The third-order valence-corrected chi connectivity index (χ3v) is 4.19. The molecule has 0 aliphatic carbocycles. The van der Waals surface area contributed by atoms with Crippen LogP contribution in [0, 0.1) is 6.92 Å². The van der Waals surface area contributed by atoms with Crippen molar-refractivity contribution in [1.82, 2.24) is 15.0 Å². The number of nitrogens with two attached hydrogens (primary N) is 1. The predicted octanol–water partition coefficient (Wildman–Crippen LogP) is 3.42. The minimum Gasteiger partial charge on any atom is -0.494 e. The monoisotopic (exact) mass is 316 g/mol. The van der Waals surface area contributed by atoms with E-state index >= 15 is 0 Å². The van der Waals surface area contributed by atoms with Crippen LogP contribution in [0.25, 0.3) is 0 Å². The second kappa shape index (κ2) is 8.67. The van der Waals surface area contributed by atoms with E-state index in [0.29, 0.717) is 19.1 Å². The van der Waals surface area contributed by atoms with Gasteiger partial charge in [-0.15, -0.1) is 5.10 Å². The van der Waals surface area contributed by atoms with Crippen LogP contribution in [0.1, 0.15) is 56.0 Å². The Balaban J connectivity index is 1.94. The van der Waals surface area contributed by atoms with Crippen LogP contribution in [0.15, 0.2) is 24.3 Å². The Hall–Kier alpha value is -1.88. The lowest BCUT2D eigenvalue weighted by atomic mass is 9.97. The van der Waals surface area contributed by atoms with E-state index < -0.39 is 0 Å². The van der Waals surface area contributed by atoms with E-state index in [0.717, 1.165) is 37.3 Å². The van der Waals surface area contributed by atoms with Gasteiger partial charge in [-0.3, -0.25) is 0 Å². The number of benzene rings is 1. The molecule has 0 saturated carbocycles. The van der Waals surface area contributed by atoms with Gasteiger partial charge in [0.2, 0.25) is 0 Å². The minimum atomic E-state index is 0.450. The Labute approximate surface area is 138 Å². The largest absolute Gasteiger partial charge is 0.494 e. The van der Waals surface area contributed by atoms with E-state index in [1.807, 2.05) is 16.8 Å². The van der Waals surface area contributed by atoms with Gasteiger partial charge in [-0.05, 0) is 37.5 Å². The van der Waals surface area contributed by atoms with Crippen LogP contribution in [-0.4, -0.2) is 21.6 Å². The number of aromatic nitrogens is 3. The first kappa shape index (κ1) is 17.5. The maximum Gasteiger partial charge on any atom is 0.119 e. The van der Waals surface area contributed by atoms with E-state index in [9.17, 15) is 0 Å². The summed E-state index contributed by atoms with van der Waals surface area (Å²) < 4.78 is 7.82. The zero-order valence-electron chi connectivity index (χ0n) is 14.5. The standard InChI is InChI=1S/C18H28N4O/c1-4-15(5-2)18-17(13-19)20-21-22(18)10-7-11-23-16-9-6-8-14(3)12-16/h6,8-9,12,15H,4-5,7,10-11,13,19H2,1-3H3. The molecule has 1 aromatic carbocycles. The van der Waals surface area contributed by atoms with Crippen LogP contribution >= 0.6 is 0 Å². The first-order chi connectivity index (χ1) is 11.2. The highest BCUT2D eigenvalue weighted by atomic mass is 16.5. The Bertz CT molecular complexity index is 605. The number of aryl methyl sites for hydroxylation is 2. The molecule has 2 N–H and O–H groups in total. The molecule has 126 valence electrons. The second-order valence-electron chi connectivity index (χ2n) is 5.88. The van der Waals surface area contributed by atoms with E-state index in [-0.39, 0.29) is 0 Å². The van der Waals surface area contributed by atoms with Crippen LogP contribution in [-0.2, 0) is 13.1 Å². The van der Waals surface area contributed by atoms with Crippen molar-refractivity contribution in [2.75, 3.05) is 6.61 Å². The smallest absolute Gasteiger partial charge is 0.119 e. The van der Waals surface area contributed by atoms with Crippen molar-refractivity contribution < 1.29 is 4.74 Å². The van der Waals surface area contributed by atoms with Gasteiger partial charge >= 0.3 is 0 Å². The molecular weight excluding hydrogens is 288 g/mol. The number of nitrogens with zero attached hydrogens (tertiary/aromatic N) is 3. The summed E-state index contributed by atoms with van der Waals surface area (Å²) in [5.74, 6) is 1.40. The van der Waals surface area contributed by atoms with E-state index in [2.05, 4.69) is 43.2 Å². The SMILES string of the molecule is CCC(CC)c1c(CN)nnn1CCCOc1cccc(C)c1. The highest BCUT2D eigenvalue weighted by Gasteiger charge is 2.18. The number of hydrogen-bond donors (Lipinski definition) is 1. The fourth-order valence-corrected chi connectivity index (χ4v) is 2.90. The van der Waals surface area contributed by atoms with Crippen LogP contribution in [0.3, 0.4) is 0 Å². The molecule has 0 fully saturated rings. The lowest BCUT2D eigenvalue weighted by Gasteiger charge is -2.16. The summed E-state index contributed by atoms with van der Waals surface area (Å²) in [4.78, 5) is 0. The van der Waals surface area contributed by atoms with E-state index in [1.165, 1.54) is 11.3 Å². The number of ether oxygens (including phenoxy) is 1. The normalized spacial score (nSPS) is 11.2. The molecular formula is C18H28N4O. The van der Waals surface area contributed by atoms with Gasteiger partial charge in [-0.1, -0.05) is 31.2 Å². The molecule has 1 aromatic heterocycles. The van der Waals surface area contributed by atoms with Gasteiger partial charge < -0.3 is 10.5 Å². The summed E-state index contributed by atoms with van der Waals surface area (Å²) in [5, 5.41) is 8.54. The Morgan fingerprint density at radius 3 is 2.70 bits per heavy atom. The average molecular weight is 316 g/mol. The fourth-order valence-electron chi connectivity index (χ4n) is 2.90. The van der Waals surface area contributed by atoms with Gasteiger partial charge in [-0.2, -0.15) is 0 Å². The van der Waals surface area contributed by atoms with Crippen molar-refractivity contribution in [3.05, 3.63) is 41.2 Å².